The molecule has 28 heavy (non-hydrogen) atoms. The molecule has 150 valence electrons. The van der Waals surface area contributed by atoms with Gasteiger partial charge in [-0.2, -0.15) is 0 Å². The zero-order chi connectivity index (χ0) is 20.9. The van der Waals surface area contributed by atoms with Crippen LogP contribution in [-0.4, -0.2) is 41.1 Å². The minimum atomic E-state index is -4.17. The Morgan fingerprint density at radius 3 is 2.29 bits per heavy atom. The predicted molar refractivity (Wildman–Crippen MR) is 105 cm³/mol. The SMILES string of the molecule is COC(=O)CN(c1cc(Cl)ccc1OC)S(=O)(=O)c1ccc(NC(C)=O)cc1. The molecule has 1 N–H and O–H groups in total. The Balaban J connectivity index is 2.55. The summed E-state index contributed by atoms with van der Waals surface area (Å²) in [7, 11) is -1.64. The van der Waals surface area contributed by atoms with Crippen LogP contribution in [0.1, 0.15) is 6.92 Å². The summed E-state index contributed by atoms with van der Waals surface area (Å²) in [5.74, 6) is -0.834. The number of carbonyl (C=O) groups is 2. The largest absolute Gasteiger partial charge is 0.495 e. The Labute approximate surface area is 168 Å². The molecule has 0 saturated carbocycles. The van der Waals surface area contributed by atoms with Crippen LogP contribution in [0.3, 0.4) is 0 Å². The molecule has 0 spiro atoms. The summed E-state index contributed by atoms with van der Waals surface area (Å²) in [4.78, 5) is 22.9. The number of benzene rings is 2. The molecule has 0 fully saturated rings. The first-order valence-corrected chi connectivity index (χ1v) is 9.81. The first-order valence-electron chi connectivity index (χ1n) is 7.99. The standard InChI is InChI=1S/C18H19ClN2O6S/c1-12(22)20-14-5-7-15(8-6-14)28(24,25)21(11-18(23)27-3)16-10-13(19)4-9-17(16)26-2/h4-10H,11H2,1-3H3,(H,20,22). The number of ether oxygens (including phenoxy) is 2. The second kappa shape index (κ2) is 8.94. The number of esters is 1. The van der Waals surface area contributed by atoms with Gasteiger partial charge >= 0.3 is 5.97 Å². The number of nitrogens with one attached hydrogen (secondary N) is 1. The second-order valence-electron chi connectivity index (χ2n) is 5.61. The lowest BCUT2D eigenvalue weighted by molar-refractivity contribution is -0.138. The van der Waals surface area contributed by atoms with Crippen molar-refractivity contribution in [3.8, 4) is 5.75 Å². The smallest absolute Gasteiger partial charge is 0.326 e. The summed E-state index contributed by atoms with van der Waals surface area (Å²) >= 11 is 6.02. The van der Waals surface area contributed by atoms with E-state index in [1.165, 1.54) is 56.5 Å². The number of hydrogen-bond donors (Lipinski definition) is 1. The molecule has 1 amide bonds. The third-order valence-corrected chi connectivity index (χ3v) is 5.68. The molecule has 0 radical (unpaired) electrons. The highest BCUT2D eigenvalue weighted by atomic mass is 35.5. The molecule has 0 aromatic heterocycles. The first-order chi connectivity index (χ1) is 13.2. The highest BCUT2D eigenvalue weighted by Gasteiger charge is 2.30. The fourth-order valence-electron chi connectivity index (χ4n) is 2.38. The maximum Gasteiger partial charge on any atom is 0.326 e. The fourth-order valence-corrected chi connectivity index (χ4v) is 3.96. The van der Waals surface area contributed by atoms with E-state index in [1.54, 1.807) is 0 Å². The van der Waals surface area contributed by atoms with E-state index in [2.05, 4.69) is 10.1 Å². The molecule has 0 aliphatic carbocycles. The van der Waals surface area contributed by atoms with E-state index in [0.29, 0.717) is 5.69 Å². The molecule has 2 aromatic carbocycles. The van der Waals surface area contributed by atoms with Crippen molar-refractivity contribution in [3.05, 3.63) is 47.5 Å². The van der Waals surface area contributed by atoms with Crippen LogP contribution in [0, 0.1) is 0 Å². The van der Waals surface area contributed by atoms with Crippen molar-refractivity contribution >= 4 is 44.9 Å². The van der Waals surface area contributed by atoms with Crippen molar-refractivity contribution in [1.82, 2.24) is 0 Å². The molecule has 0 bridgehead atoms. The average molecular weight is 427 g/mol. The quantitative estimate of drug-likeness (QED) is 0.683. The van der Waals surface area contributed by atoms with Crippen LogP contribution >= 0.6 is 11.6 Å². The lowest BCUT2D eigenvalue weighted by Crippen LogP contribution is -2.36. The molecule has 2 rings (SSSR count). The van der Waals surface area contributed by atoms with Crippen LogP contribution in [-0.2, 0) is 24.3 Å². The molecule has 0 aliphatic heterocycles. The van der Waals surface area contributed by atoms with Crippen LogP contribution in [0.2, 0.25) is 5.02 Å². The van der Waals surface area contributed by atoms with Crippen molar-refractivity contribution < 1.29 is 27.5 Å². The van der Waals surface area contributed by atoms with Crippen molar-refractivity contribution in [3.63, 3.8) is 0 Å². The van der Waals surface area contributed by atoms with Crippen LogP contribution in [0.15, 0.2) is 47.4 Å². The molecule has 0 aliphatic rings. The summed E-state index contributed by atoms with van der Waals surface area (Å²) in [6.07, 6.45) is 0. The zero-order valence-corrected chi connectivity index (χ0v) is 17.0. The monoisotopic (exact) mass is 426 g/mol. The van der Waals surface area contributed by atoms with E-state index < -0.39 is 22.5 Å². The van der Waals surface area contributed by atoms with Gasteiger partial charge in [0.1, 0.15) is 12.3 Å². The number of nitrogens with zero attached hydrogens (tertiary/aromatic N) is 1. The van der Waals surface area contributed by atoms with Crippen LogP contribution < -0.4 is 14.4 Å². The van der Waals surface area contributed by atoms with Crippen molar-refractivity contribution in [1.29, 1.82) is 0 Å². The van der Waals surface area contributed by atoms with Gasteiger partial charge in [-0.05, 0) is 42.5 Å². The van der Waals surface area contributed by atoms with Gasteiger partial charge in [-0.15, -0.1) is 0 Å². The van der Waals surface area contributed by atoms with Gasteiger partial charge in [0.15, 0.2) is 0 Å². The van der Waals surface area contributed by atoms with Gasteiger partial charge in [0.05, 0.1) is 24.8 Å². The lowest BCUT2D eigenvalue weighted by atomic mass is 10.3. The maximum absolute atomic E-state index is 13.2. The van der Waals surface area contributed by atoms with Gasteiger partial charge in [-0.25, -0.2) is 8.42 Å². The number of hydrogen-bond acceptors (Lipinski definition) is 6. The zero-order valence-electron chi connectivity index (χ0n) is 15.4. The summed E-state index contributed by atoms with van der Waals surface area (Å²) in [5.41, 5.74) is 0.526. The minimum absolute atomic E-state index is 0.0892. The van der Waals surface area contributed by atoms with E-state index in [-0.39, 0.29) is 27.3 Å². The number of sulfonamides is 1. The highest BCUT2D eigenvalue weighted by molar-refractivity contribution is 7.92. The number of methoxy groups -OCH3 is 2. The summed E-state index contributed by atoms with van der Waals surface area (Å²) in [6, 6.07) is 9.95. The topological polar surface area (TPSA) is 102 Å². The third kappa shape index (κ3) is 4.93. The Kier molecular flexibility index (Phi) is 6.87. The lowest BCUT2D eigenvalue weighted by Gasteiger charge is -2.25. The molecule has 0 unspecified atom stereocenters. The molecular weight excluding hydrogens is 408 g/mol. The third-order valence-electron chi connectivity index (χ3n) is 3.67. The number of amides is 1. The maximum atomic E-state index is 13.2. The van der Waals surface area contributed by atoms with E-state index in [0.717, 1.165) is 11.4 Å². The van der Waals surface area contributed by atoms with Crippen molar-refractivity contribution in [2.75, 3.05) is 30.4 Å². The van der Waals surface area contributed by atoms with E-state index in [1.807, 2.05) is 0 Å². The summed E-state index contributed by atoms with van der Waals surface area (Å²) < 4.78 is 37.2. The fraction of sp³-hybridized carbons (Fsp3) is 0.222. The molecule has 0 saturated heterocycles. The predicted octanol–water partition coefficient (Wildman–Crippen LogP) is 2.68. The van der Waals surface area contributed by atoms with Gasteiger partial charge in [-0.3, -0.25) is 13.9 Å². The van der Waals surface area contributed by atoms with Gasteiger partial charge in [-0.1, -0.05) is 11.6 Å². The molecular formula is C18H19ClN2O6S. The molecule has 0 atom stereocenters. The van der Waals surface area contributed by atoms with E-state index in [9.17, 15) is 18.0 Å². The van der Waals surface area contributed by atoms with Gasteiger partial charge < -0.3 is 14.8 Å². The first kappa shape index (κ1) is 21.5. The van der Waals surface area contributed by atoms with Crippen molar-refractivity contribution in [2.24, 2.45) is 0 Å². The number of anilines is 2. The van der Waals surface area contributed by atoms with Crippen LogP contribution in [0.5, 0.6) is 5.75 Å². The molecule has 8 nitrogen and oxygen atoms in total. The van der Waals surface area contributed by atoms with Gasteiger partial charge in [0, 0.05) is 17.6 Å². The van der Waals surface area contributed by atoms with Crippen molar-refractivity contribution in [2.45, 2.75) is 11.8 Å². The Morgan fingerprint density at radius 1 is 1.11 bits per heavy atom. The van der Waals surface area contributed by atoms with Gasteiger partial charge in [0.2, 0.25) is 5.91 Å². The van der Waals surface area contributed by atoms with E-state index >= 15 is 0 Å². The number of rotatable bonds is 7. The Morgan fingerprint density at radius 2 is 1.75 bits per heavy atom. The molecule has 2 aromatic rings. The average Bonchev–Trinajstić information content (AvgIpc) is 2.65. The highest BCUT2D eigenvalue weighted by Crippen LogP contribution is 2.35. The minimum Gasteiger partial charge on any atom is -0.495 e. The Bertz CT molecular complexity index is 976. The van der Waals surface area contributed by atoms with Crippen LogP contribution in [0.4, 0.5) is 11.4 Å². The second-order valence-corrected chi connectivity index (χ2v) is 7.91. The van der Waals surface area contributed by atoms with Gasteiger partial charge in [0.25, 0.3) is 10.0 Å². The molecule has 10 heteroatoms. The summed E-state index contributed by atoms with van der Waals surface area (Å²) in [6.45, 7) is 0.761. The summed E-state index contributed by atoms with van der Waals surface area (Å²) in [5, 5.41) is 2.82. The normalized spacial score (nSPS) is 10.9. The molecule has 0 heterocycles. The van der Waals surface area contributed by atoms with E-state index in [4.69, 9.17) is 16.3 Å². The Hall–Kier alpha value is -2.78. The number of halogens is 1. The van der Waals surface area contributed by atoms with Crippen LogP contribution in [0.25, 0.3) is 0 Å². The number of carbonyl (C=O) groups excluding carboxylic acids is 2.